The van der Waals surface area contributed by atoms with Gasteiger partial charge in [0.25, 0.3) is 0 Å². The largest absolute Gasteiger partial charge is 0.426 e. The van der Waals surface area contributed by atoms with Crippen LogP contribution in [0.25, 0.3) is 0 Å². The molecule has 0 saturated heterocycles. The van der Waals surface area contributed by atoms with Crippen molar-refractivity contribution in [3.8, 4) is 5.75 Å². The van der Waals surface area contributed by atoms with E-state index in [2.05, 4.69) is 27.3 Å². The van der Waals surface area contributed by atoms with Gasteiger partial charge in [0.2, 0.25) is 10.0 Å². The minimum Gasteiger partial charge on any atom is -0.426 e. The number of hydrogen-bond donors (Lipinski definition) is 1. The standard InChI is InChI=1S/C9H10INO4S/c1-16(13,14)11-6-9(12)15-8-4-2-3-7(10)5-8/h2-5,11H,6H2,1H3. The number of ether oxygens (including phenoxy) is 1. The van der Waals surface area contributed by atoms with Crippen LogP contribution in [0.4, 0.5) is 0 Å². The molecular formula is C9H10INO4S. The first-order chi connectivity index (χ1) is 7.37. The molecule has 0 bridgehead atoms. The van der Waals surface area contributed by atoms with Crippen LogP contribution in [0.2, 0.25) is 0 Å². The third-order valence-corrected chi connectivity index (χ3v) is 2.85. The van der Waals surface area contributed by atoms with E-state index in [1.165, 1.54) is 0 Å². The van der Waals surface area contributed by atoms with Crippen molar-refractivity contribution in [3.05, 3.63) is 27.8 Å². The summed E-state index contributed by atoms with van der Waals surface area (Å²) in [6.45, 7) is -0.371. The van der Waals surface area contributed by atoms with Crippen molar-refractivity contribution in [1.29, 1.82) is 0 Å². The molecule has 0 aromatic heterocycles. The van der Waals surface area contributed by atoms with E-state index < -0.39 is 16.0 Å². The van der Waals surface area contributed by atoms with Gasteiger partial charge in [-0.3, -0.25) is 4.79 Å². The maximum absolute atomic E-state index is 11.2. The van der Waals surface area contributed by atoms with Crippen molar-refractivity contribution in [3.63, 3.8) is 0 Å². The van der Waals surface area contributed by atoms with E-state index in [9.17, 15) is 13.2 Å². The fraction of sp³-hybridized carbons (Fsp3) is 0.222. The molecule has 0 amide bonds. The Morgan fingerprint density at radius 3 is 2.75 bits per heavy atom. The Labute approximate surface area is 107 Å². The first-order valence-corrected chi connectivity index (χ1v) is 7.25. The van der Waals surface area contributed by atoms with E-state index in [1.807, 2.05) is 6.07 Å². The molecule has 5 nitrogen and oxygen atoms in total. The van der Waals surface area contributed by atoms with E-state index in [0.29, 0.717) is 5.75 Å². The molecule has 1 rings (SSSR count). The maximum atomic E-state index is 11.2. The van der Waals surface area contributed by atoms with E-state index in [0.717, 1.165) is 9.83 Å². The molecule has 16 heavy (non-hydrogen) atoms. The highest BCUT2D eigenvalue weighted by atomic mass is 127. The summed E-state index contributed by atoms with van der Waals surface area (Å²) in [4.78, 5) is 11.2. The summed E-state index contributed by atoms with van der Waals surface area (Å²) in [7, 11) is -3.37. The van der Waals surface area contributed by atoms with Crippen molar-refractivity contribution in [1.82, 2.24) is 4.72 Å². The minimum absolute atomic E-state index is 0.371. The molecule has 0 heterocycles. The van der Waals surface area contributed by atoms with Gasteiger partial charge >= 0.3 is 5.97 Å². The molecule has 0 radical (unpaired) electrons. The van der Waals surface area contributed by atoms with Crippen molar-refractivity contribution >= 4 is 38.6 Å². The lowest BCUT2D eigenvalue weighted by molar-refractivity contribution is -0.133. The van der Waals surface area contributed by atoms with Crippen LogP contribution in [-0.2, 0) is 14.8 Å². The molecular weight excluding hydrogens is 345 g/mol. The normalized spacial score (nSPS) is 11.1. The molecule has 0 aliphatic carbocycles. The molecule has 88 valence electrons. The molecule has 0 saturated carbocycles. The van der Waals surface area contributed by atoms with Gasteiger partial charge in [-0.15, -0.1) is 0 Å². The number of carbonyl (C=O) groups excluding carboxylic acids is 1. The minimum atomic E-state index is -3.37. The van der Waals surface area contributed by atoms with Crippen molar-refractivity contribution < 1.29 is 17.9 Å². The molecule has 7 heteroatoms. The monoisotopic (exact) mass is 355 g/mol. The Morgan fingerprint density at radius 2 is 2.19 bits per heavy atom. The summed E-state index contributed by atoms with van der Waals surface area (Å²) >= 11 is 2.08. The zero-order valence-electron chi connectivity index (χ0n) is 8.44. The van der Waals surface area contributed by atoms with Crippen molar-refractivity contribution in [2.24, 2.45) is 0 Å². The number of hydrogen-bond acceptors (Lipinski definition) is 4. The maximum Gasteiger partial charge on any atom is 0.326 e. The van der Waals surface area contributed by atoms with E-state index in [4.69, 9.17) is 4.74 Å². The number of sulfonamides is 1. The molecule has 0 fully saturated rings. The van der Waals surface area contributed by atoms with E-state index in [1.54, 1.807) is 18.2 Å². The third-order valence-electron chi connectivity index (χ3n) is 1.51. The second-order valence-electron chi connectivity index (χ2n) is 3.02. The number of esters is 1. The van der Waals surface area contributed by atoms with Gasteiger partial charge in [0, 0.05) is 3.57 Å². The van der Waals surface area contributed by atoms with Crippen LogP contribution in [0.3, 0.4) is 0 Å². The summed E-state index contributed by atoms with van der Waals surface area (Å²) in [6, 6.07) is 6.90. The fourth-order valence-corrected chi connectivity index (χ4v) is 1.78. The third kappa shape index (κ3) is 5.42. The van der Waals surface area contributed by atoms with Crippen LogP contribution in [0.5, 0.6) is 5.75 Å². The molecule has 1 aromatic rings. The Balaban J connectivity index is 2.52. The highest BCUT2D eigenvalue weighted by molar-refractivity contribution is 14.1. The number of benzene rings is 1. The van der Waals surface area contributed by atoms with Gasteiger partial charge in [-0.05, 0) is 40.8 Å². The lowest BCUT2D eigenvalue weighted by Gasteiger charge is -2.04. The van der Waals surface area contributed by atoms with Gasteiger partial charge in [-0.2, -0.15) is 0 Å². The predicted molar refractivity (Wildman–Crippen MR) is 67.6 cm³/mol. The second-order valence-corrected chi connectivity index (χ2v) is 6.10. The first-order valence-electron chi connectivity index (χ1n) is 4.28. The van der Waals surface area contributed by atoms with Crippen LogP contribution >= 0.6 is 22.6 Å². The average Bonchev–Trinajstić information content (AvgIpc) is 2.14. The quantitative estimate of drug-likeness (QED) is 0.492. The van der Waals surface area contributed by atoms with Crippen LogP contribution in [0.1, 0.15) is 0 Å². The number of halogens is 1. The average molecular weight is 355 g/mol. The lowest BCUT2D eigenvalue weighted by atomic mass is 10.3. The van der Waals surface area contributed by atoms with Crippen LogP contribution < -0.4 is 9.46 Å². The summed E-state index contributed by atoms with van der Waals surface area (Å²) in [5, 5.41) is 0. The van der Waals surface area contributed by atoms with Gasteiger partial charge in [0.1, 0.15) is 12.3 Å². The molecule has 1 N–H and O–H groups in total. The van der Waals surface area contributed by atoms with Crippen LogP contribution in [-0.4, -0.2) is 27.2 Å². The zero-order chi connectivity index (χ0) is 12.2. The van der Waals surface area contributed by atoms with Gasteiger partial charge in [-0.1, -0.05) is 6.07 Å². The predicted octanol–water partition coefficient (Wildman–Crippen LogP) is 0.746. The Hall–Kier alpha value is -0.670. The summed E-state index contributed by atoms with van der Waals surface area (Å²) in [5.41, 5.74) is 0. The fourth-order valence-electron chi connectivity index (χ4n) is 0.888. The molecule has 0 aliphatic heterocycles. The first kappa shape index (κ1) is 13.4. The molecule has 0 unspecified atom stereocenters. The SMILES string of the molecule is CS(=O)(=O)NCC(=O)Oc1cccc(I)c1. The van der Waals surface area contributed by atoms with Crippen LogP contribution in [0, 0.1) is 3.57 Å². The molecule has 0 atom stereocenters. The van der Waals surface area contributed by atoms with E-state index in [-0.39, 0.29) is 6.54 Å². The number of rotatable bonds is 4. The van der Waals surface area contributed by atoms with Gasteiger partial charge in [-0.25, -0.2) is 13.1 Å². The smallest absolute Gasteiger partial charge is 0.326 e. The van der Waals surface area contributed by atoms with Gasteiger partial charge in [0.15, 0.2) is 0 Å². The summed E-state index contributed by atoms with van der Waals surface area (Å²) < 4.78 is 29.3. The zero-order valence-corrected chi connectivity index (χ0v) is 11.4. The summed E-state index contributed by atoms with van der Waals surface area (Å²) in [6.07, 6.45) is 0.978. The van der Waals surface area contributed by atoms with Crippen LogP contribution in [0.15, 0.2) is 24.3 Å². The van der Waals surface area contributed by atoms with E-state index >= 15 is 0 Å². The summed E-state index contributed by atoms with van der Waals surface area (Å²) in [5.74, 6) is -0.250. The van der Waals surface area contributed by atoms with Crippen molar-refractivity contribution in [2.75, 3.05) is 12.8 Å². The topological polar surface area (TPSA) is 72.5 Å². The van der Waals surface area contributed by atoms with Gasteiger partial charge < -0.3 is 4.74 Å². The number of carbonyl (C=O) groups is 1. The Bertz CT molecular complexity index is 486. The van der Waals surface area contributed by atoms with Crippen molar-refractivity contribution in [2.45, 2.75) is 0 Å². The Morgan fingerprint density at radius 1 is 1.50 bits per heavy atom. The highest BCUT2D eigenvalue weighted by Crippen LogP contribution is 2.14. The molecule has 0 spiro atoms. The second kappa shape index (κ2) is 5.60. The highest BCUT2D eigenvalue weighted by Gasteiger charge is 2.08. The number of nitrogens with one attached hydrogen (secondary N) is 1. The molecule has 1 aromatic carbocycles. The van der Waals surface area contributed by atoms with Gasteiger partial charge in [0.05, 0.1) is 6.26 Å². The lowest BCUT2D eigenvalue weighted by Crippen LogP contribution is -2.30. The Kier molecular flexibility index (Phi) is 4.69. The molecule has 0 aliphatic rings.